The Balaban J connectivity index is 1.88. The molecule has 0 aliphatic rings. The normalized spacial score (nSPS) is 12.8. The summed E-state index contributed by atoms with van der Waals surface area (Å²) in [5, 5.41) is 3.32. The molecule has 0 radical (unpaired) electrons. The molecule has 0 bridgehead atoms. The molecule has 1 unspecified atom stereocenters. The number of hydrogen-bond donors (Lipinski definition) is 1. The number of halogens is 1. The van der Waals surface area contributed by atoms with Gasteiger partial charge in [-0.3, -0.25) is 9.10 Å². The third kappa shape index (κ3) is 5.99. The number of carbonyl (C=O) groups excluding carboxylic acids is 1. The maximum absolute atomic E-state index is 13.5. The van der Waals surface area contributed by atoms with Gasteiger partial charge in [-0.25, -0.2) is 8.42 Å². The first-order valence-corrected chi connectivity index (χ1v) is 12.9. The zero-order valence-corrected chi connectivity index (χ0v) is 21.7. The lowest BCUT2D eigenvalue weighted by Crippen LogP contribution is -2.42. The highest BCUT2D eigenvalue weighted by molar-refractivity contribution is 7.92. The molecule has 0 spiro atoms. The van der Waals surface area contributed by atoms with E-state index in [2.05, 4.69) is 38.2 Å². The molecule has 0 aliphatic heterocycles. The van der Waals surface area contributed by atoms with Crippen LogP contribution < -0.4 is 9.62 Å². The molecule has 180 valence electrons. The summed E-state index contributed by atoms with van der Waals surface area (Å²) in [4.78, 5) is 13.2. The Morgan fingerprint density at radius 1 is 1.00 bits per heavy atom. The Labute approximate surface area is 207 Å². The van der Waals surface area contributed by atoms with Crippen LogP contribution >= 0.6 is 11.6 Å². The lowest BCUT2D eigenvalue weighted by molar-refractivity contribution is -0.120. The van der Waals surface area contributed by atoms with Crippen molar-refractivity contribution >= 4 is 33.2 Å². The van der Waals surface area contributed by atoms with Gasteiger partial charge in [0.2, 0.25) is 5.91 Å². The summed E-state index contributed by atoms with van der Waals surface area (Å²) >= 11 is 6.18. The molecule has 0 fully saturated rings. The van der Waals surface area contributed by atoms with Gasteiger partial charge >= 0.3 is 0 Å². The van der Waals surface area contributed by atoms with Gasteiger partial charge in [0, 0.05) is 5.02 Å². The number of sulfonamides is 1. The fourth-order valence-electron chi connectivity index (χ4n) is 3.64. The van der Waals surface area contributed by atoms with Crippen LogP contribution in [0.3, 0.4) is 0 Å². The second-order valence-corrected chi connectivity index (χ2v) is 11.7. The predicted octanol–water partition coefficient (Wildman–Crippen LogP) is 6.02. The maximum Gasteiger partial charge on any atom is 0.264 e. The van der Waals surface area contributed by atoms with E-state index < -0.39 is 15.9 Å². The highest BCUT2D eigenvalue weighted by Gasteiger charge is 2.29. The Kier molecular flexibility index (Phi) is 7.74. The van der Waals surface area contributed by atoms with Crippen LogP contribution in [0.15, 0.2) is 77.7 Å². The Bertz CT molecular complexity index is 1250. The average Bonchev–Trinajstić information content (AvgIpc) is 2.79. The molecule has 1 amide bonds. The van der Waals surface area contributed by atoms with Crippen LogP contribution in [0.1, 0.15) is 50.4 Å². The van der Waals surface area contributed by atoms with Gasteiger partial charge in [-0.1, -0.05) is 80.9 Å². The lowest BCUT2D eigenvalue weighted by Gasteiger charge is -2.27. The van der Waals surface area contributed by atoms with Crippen LogP contribution in [-0.2, 0) is 20.2 Å². The van der Waals surface area contributed by atoms with Crippen LogP contribution in [-0.4, -0.2) is 20.9 Å². The van der Waals surface area contributed by atoms with E-state index in [0.29, 0.717) is 16.3 Å². The molecule has 3 rings (SSSR count). The van der Waals surface area contributed by atoms with Crippen molar-refractivity contribution in [2.24, 2.45) is 0 Å². The largest absolute Gasteiger partial charge is 0.348 e. The minimum Gasteiger partial charge on any atom is -0.348 e. The number of carbonyl (C=O) groups is 1. The summed E-state index contributed by atoms with van der Waals surface area (Å²) in [6.45, 7) is 9.73. The zero-order chi connectivity index (χ0) is 25.1. The van der Waals surface area contributed by atoms with Gasteiger partial charge in [-0.2, -0.15) is 0 Å². The van der Waals surface area contributed by atoms with Gasteiger partial charge in [0.15, 0.2) is 0 Å². The van der Waals surface area contributed by atoms with Crippen molar-refractivity contribution in [3.63, 3.8) is 0 Å². The number of aryl methyl sites for hydroxylation is 1. The van der Waals surface area contributed by atoms with Gasteiger partial charge in [0.25, 0.3) is 10.0 Å². The van der Waals surface area contributed by atoms with E-state index >= 15 is 0 Å². The quantitative estimate of drug-likeness (QED) is 0.433. The Morgan fingerprint density at radius 3 is 2.21 bits per heavy atom. The molecule has 1 atom stereocenters. The molecule has 0 saturated heterocycles. The standard InChI is InChI=1S/C27H31ClN2O3S/c1-19-11-16-23(28)17-25(19)30(34(32,33)24-9-7-6-8-10-24)18-26(31)29-20(2)21-12-14-22(15-13-21)27(3,4)5/h6-17,20H,18H2,1-5H3,(H,29,31). The monoisotopic (exact) mass is 498 g/mol. The minimum atomic E-state index is -4.00. The highest BCUT2D eigenvalue weighted by atomic mass is 35.5. The smallest absolute Gasteiger partial charge is 0.264 e. The summed E-state index contributed by atoms with van der Waals surface area (Å²) in [5.74, 6) is -0.411. The molecule has 3 aromatic carbocycles. The van der Waals surface area contributed by atoms with Crippen LogP contribution in [0.4, 0.5) is 5.69 Å². The highest BCUT2D eigenvalue weighted by Crippen LogP contribution is 2.30. The zero-order valence-electron chi connectivity index (χ0n) is 20.2. The van der Waals surface area contributed by atoms with Crippen LogP contribution in [0.2, 0.25) is 5.02 Å². The molecular formula is C27H31ClN2O3S. The first kappa shape index (κ1) is 25.8. The van der Waals surface area contributed by atoms with Crippen LogP contribution in [0.25, 0.3) is 0 Å². The summed E-state index contributed by atoms with van der Waals surface area (Å²) in [6, 6.07) is 20.9. The first-order chi connectivity index (χ1) is 15.9. The molecule has 1 N–H and O–H groups in total. The summed E-state index contributed by atoms with van der Waals surface area (Å²) < 4.78 is 28.2. The van der Waals surface area contributed by atoms with E-state index in [-0.39, 0.29) is 22.9 Å². The number of benzene rings is 3. The van der Waals surface area contributed by atoms with E-state index in [0.717, 1.165) is 9.87 Å². The van der Waals surface area contributed by atoms with E-state index in [1.807, 2.05) is 19.1 Å². The summed E-state index contributed by atoms with van der Waals surface area (Å²) in [7, 11) is -4.00. The number of amides is 1. The summed E-state index contributed by atoms with van der Waals surface area (Å²) in [5.41, 5.74) is 3.24. The topological polar surface area (TPSA) is 66.5 Å². The van der Waals surface area contributed by atoms with E-state index in [4.69, 9.17) is 11.6 Å². The second kappa shape index (κ2) is 10.2. The van der Waals surface area contributed by atoms with Crippen LogP contribution in [0, 0.1) is 6.92 Å². The van der Waals surface area contributed by atoms with Gasteiger partial charge in [0.1, 0.15) is 6.54 Å². The number of anilines is 1. The summed E-state index contributed by atoms with van der Waals surface area (Å²) in [6.07, 6.45) is 0. The molecule has 34 heavy (non-hydrogen) atoms. The van der Waals surface area contributed by atoms with E-state index in [1.54, 1.807) is 43.3 Å². The number of hydrogen-bond acceptors (Lipinski definition) is 3. The fraction of sp³-hybridized carbons (Fsp3) is 0.296. The predicted molar refractivity (Wildman–Crippen MR) is 139 cm³/mol. The van der Waals surface area contributed by atoms with Crippen molar-refractivity contribution in [3.8, 4) is 0 Å². The maximum atomic E-state index is 13.5. The van der Waals surface area contributed by atoms with Gasteiger partial charge < -0.3 is 5.32 Å². The fourth-order valence-corrected chi connectivity index (χ4v) is 5.31. The SMILES string of the molecule is Cc1ccc(Cl)cc1N(CC(=O)NC(C)c1ccc(C(C)(C)C)cc1)S(=O)(=O)c1ccccc1. The van der Waals surface area contributed by atoms with Crippen molar-refractivity contribution in [2.45, 2.75) is 51.0 Å². The number of rotatable bonds is 7. The first-order valence-electron chi connectivity index (χ1n) is 11.1. The molecular weight excluding hydrogens is 468 g/mol. The van der Waals surface area contributed by atoms with Crippen molar-refractivity contribution in [1.82, 2.24) is 5.32 Å². The van der Waals surface area contributed by atoms with Gasteiger partial charge in [0.05, 0.1) is 16.6 Å². The van der Waals surface area contributed by atoms with E-state index in [9.17, 15) is 13.2 Å². The number of nitrogens with one attached hydrogen (secondary N) is 1. The number of nitrogens with zero attached hydrogens (tertiary/aromatic N) is 1. The van der Waals surface area contributed by atoms with Crippen molar-refractivity contribution < 1.29 is 13.2 Å². The Morgan fingerprint density at radius 2 is 1.62 bits per heavy atom. The van der Waals surface area contributed by atoms with E-state index in [1.165, 1.54) is 17.7 Å². The van der Waals surface area contributed by atoms with Crippen molar-refractivity contribution in [3.05, 3.63) is 94.5 Å². The van der Waals surface area contributed by atoms with Gasteiger partial charge in [-0.05, 0) is 60.2 Å². The molecule has 7 heteroatoms. The third-order valence-corrected chi connectivity index (χ3v) is 7.72. The molecule has 0 aliphatic carbocycles. The molecule has 3 aromatic rings. The second-order valence-electron chi connectivity index (χ2n) is 9.42. The molecule has 0 heterocycles. The minimum absolute atomic E-state index is 0.0339. The van der Waals surface area contributed by atoms with Gasteiger partial charge in [-0.15, -0.1) is 0 Å². The molecule has 5 nitrogen and oxygen atoms in total. The van der Waals surface area contributed by atoms with Crippen molar-refractivity contribution in [2.75, 3.05) is 10.8 Å². The average molecular weight is 499 g/mol. The third-order valence-electron chi connectivity index (χ3n) is 5.71. The molecule has 0 saturated carbocycles. The van der Waals surface area contributed by atoms with Crippen molar-refractivity contribution in [1.29, 1.82) is 0 Å². The molecule has 0 aromatic heterocycles. The Hall–Kier alpha value is -2.83. The lowest BCUT2D eigenvalue weighted by atomic mass is 9.86. The van der Waals surface area contributed by atoms with Crippen LogP contribution in [0.5, 0.6) is 0 Å².